The maximum absolute atomic E-state index is 13.5. The molecule has 2 aromatic heterocycles. The number of nitrogens with one attached hydrogen (secondary N) is 3. The van der Waals surface area contributed by atoms with Gasteiger partial charge in [0.05, 0.1) is 13.1 Å². The molecule has 2 amide bonds. The van der Waals surface area contributed by atoms with E-state index in [1.54, 1.807) is 7.05 Å². The van der Waals surface area contributed by atoms with Gasteiger partial charge in [-0.2, -0.15) is 4.57 Å². The minimum atomic E-state index is -1.02. The van der Waals surface area contributed by atoms with E-state index >= 15 is 0 Å². The van der Waals surface area contributed by atoms with E-state index in [1.165, 1.54) is 26.1 Å². The van der Waals surface area contributed by atoms with E-state index in [4.69, 9.17) is 0 Å². The number of alkyl halides is 1. The summed E-state index contributed by atoms with van der Waals surface area (Å²) in [5.74, 6) is -0.862. The lowest BCUT2D eigenvalue weighted by Gasteiger charge is -2.12. The minimum absolute atomic E-state index is 0.0195. The number of halogens is 1. The van der Waals surface area contributed by atoms with Gasteiger partial charge in [0.1, 0.15) is 11.7 Å². The van der Waals surface area contributed by atoms with Crippen LogP contribution in [0.2, 0.25) is 0 Å². The molecule has 33 heavy (non-hydrogen) atoms. The highest BCUT2D eigenvalue weighted by atomic mass is 19.1. The van der Waals surface area contributed by atoms with Crippen molar-refractivity contribution in [2.45, 2.75) is 51.9 Å². The van der Waals surface area contributed by atoms with E-state index in [0.29, 0.717) is 36.5 Å². The third kappa shape index (κ3) is 4.44. The van der Waals surface area contributed by atoms with Gasteiger partial charge in [-0.25, -0.2) is 14.3 Å². The molecule has 1 saturated heterocycles. The summed E-state index contributed by atoms with van der Waals surface area (Å²) in [4.78, 5) is 39.9. The number of aromatic hydroxyl groups is 1. The zero-order valence-electron chi connectivity index (χ0n) is 19.0. The van der Waals surface area contributed by atoms with Crippen LogP contribution in [0.25, 0.3) is 11.7 Å². The zero-order valence-corrected chi connectivity index (χ0v) is 19.0. The number of H-pyrrole nitrogens is 1. The Kier molecular flexibility index (Phi) is 6.13. The second kappa shape index (κ2) is 8.87. The van der Waals surface area contributed by atoms with E-state index in [-0.39, 0.29) is 30.0 Å². The van der Waals surface area contributed by atoms with Gasteiger partial charge in [-0.05, 0) is 31.3 Å². The summed E-state index contributed by atoms with van der Waals surface area (Å²) in [7, 11) is 1.65. The molecule has 2 aromatic rings. The molecule has 1 aliphatic heterocycles. The van der Waals surface area contributed by atoms with Crippen LogP contribution in [0.5, 0.6) is 5.88 Å². The molecule has 1 atom stereocenters. The maximum Gasteiger partial charge on any atom is 0.378 e. The van der Waals surface area contributed by atoms with E-state index in [1.807, 2.05) is 13.8 Å². The van der Waals surface area contributed by atoms with Crippen LogP contribution < -0.4 is 20.8 Å². The van der Waals surface area contributed by atoms with Crippen molar-refractivity contribution in [2.75, 3.05) is 25.5 Å². The Morgan fingerprint density at radius 1 is 1.33 bits per heavy atom. The van der Waals surface area contributed by atoms with Gasteiger partial charge in [0.15, 0.2) is 5.82 Å². The quantitative estimate of drug-likeness (QED) is 0.359. The first-order valence-corrected chi connectivity index (χ1v) is 11.2. The van der Waals surface area contributed by atoms with E-state index in [9.17, 15) is 23.9 Å². The standard InChI is InChI=1S/C22H29FN6O4/c1-12(2)10-28-20-15(6-7-16(30)27-9-8-13(23)11-27)18(24-3)26-29(20)22(33)17(21(28)32)19(31)25-14-4-5-14/h6-7,12-14H,4-5,8-11H2,1-3H3,(H3,24,25,26,31,32,33)/p+1/b7-6+/t13-/m0/s1. The highest BCUT2D eigenvalue weighted by Gasteiger charge is 2.35. The number of hydrogen-bond donors (Lipinski definition) is 4. The predicted octanol–water partition coefficient (Wildman–Crippen LogP) is 0.794. The van der Waals surface area contributed by atoms with E-state index in [0.717, 1.165) is 12.8 Å². The van der Waals surface area contributed by atoms with Gasteiger partial charge in [0.2, 0.25) is 11.5 Å². The molecule has 3 heterocycles. The number of hydrogen-bond acceptors (Lipinski definition) is 5. The van der Waals surface area contributed by atoms with Crippen LogP contribution in [-0.4, -0.2) is 63.8 Å². The van der Waals surface area contributed by atoms with Crippen LogP contribution in [0, 0.1) is 5.92 Å². The highest BCUT2D eigenvalue weighted by Crippen LogP contribution is 2.24. The molecule has 10 nitrogen and oxygen atoms in total. The van der Waals surface area contributed by atoms with Gasteiger partial charge >= 0.3 is 17.1 Å². The van der Waals surface area contributed by atoms with Gasteiger partial charge < -0.3 is 20.6 Å². The second-order valence-electron chi connectivity index (χ2n) is 9.07. The van der Waals surface area contributed by atoms with Crippen molar-refractivity contribution in [1.82, 2.24) is 19.8 Å². The highest BCUT2D eigenvalue weighted by molar-refractivity contribution is 5.96. The summed E-state index contributed by atoms with van der Waals surface area (Å²) >= 11 is 0. The monoisotopic (exact) mass is 461 g/mol. The van der Waals surface area contributed by atoms with Gasteiger partial charge in [0, 0.05) is 25.7 Å². The molecule has 0 spiro atoms. The lowest BCUT2D eigenvalue weighted by atomic mass is 10.2. The largest absolute Gasteiger partial charge is 0.477 e. The first-order chi connectivity index (χ1) is 15.7. The Morgan fingerprint density at radius 2 is 2.06 bits per heavy atom. The van der Waals surface area contributed by atoms with Crippen LogP contribution in [-0.2, 0) is 11.3 Å². The Hall–Kier alpha value is -3.37. The van der Waals surface area contributed by atoms with E-state index < -0.39 is 23.5 Å². The molecule has 11 heteroatoms. The molecule has 0 radical (unpaired) electrons. The number of aromatic amines is 1. The SMILES string of the molecule is CNc1[nH]n2c(=O)c(C(=O)NC3CC3)c(O)[n+](CC(C)C)c2c1/C=C/C(=O)N1CC[C@H](F)C1. The van der Waals surface area contributed by atoms with Crippen molar-refractivity contribution in [1.29, 1.82) is 0 Å². The number of likely N-dealkylation sites (tertiary alicyclic amines) is 1. The number of aromatic nitrogens is 3. The molecule has 4 rings (SSSR count). The Morgan fingerprint density at radius 3 is 2.64 bits per heavy atom. The number of amides is 2. The average Bonchev–Trinajstić information content (AvgIpc) is 3.33. The molecule has 0 aromatic carbocycles. The normalized spacial score (nSPS) is 18.6. The van der Waals surface area contributed by atoms with Crippen molar-refractivity contribution in [3.05, 3.63) is 27.6 Å². The van der Waals surface area contributed by atoms with Crippen LogP contribution in [0.4, 0.5) is 10.2 Å². The number of nitrogens with zero attached hydrogens (tertiary/aromatic N) is 3. The van der Waals surface area contributed by atoms with E-state index in [2.05, 4.69) is 15.7 Å². The molecule has 0 unspecified atom stereocenters. The van der Waals surface area contributed by atoms with Crippen LogP contribution in [0.1, 0.15) is 49.0 Å². The lowest BCUT2D eigenvalue weighted by molar-refractivity contribution is -0.686. The summed E-state index contributed by atoms with van der Waals surface area (Å²) in [6.45, 7) is 4.63. The van der Waals surface area contributed by atoms with Crippen molar-refractivity contribution in [3.63, 3.8) is 0 Å². The van der Waals surface area contributed by atoms with Crippen LogP contribution in [0.3, 0.4) is 0 Å². The fourth-order valence-corrected chi connectivity index (χ4v) is 4.06. The molecule has 2 fully saturated rings. The zero-order chi connectivity index (χ0) is 23.9. The number of rotatable bonds is 7. The molecule has 1 saturated carbocycles. The fourth-order valence-electron chi connectivity index (χ4n) is 4.06. The molecule has 0 bridgehead atoms. The van der Waals surface area contributed by atoms with Crippen molar-refractivity contribution >= 4 is 29.4 Å². The van der Waals surface area contributed by atoms with Gasteiger partial charge in [0.25, 0.3) is 5.91 Å². The predicted molar refractivity (Wildman–Crippen MR) is 120 cm³/mol. The van der Waals surface area contributed by atoms with Crippen LogP contribution >= 0.6 is 0 Å². The first kappa shape index (κ1) is 22.8. The smallest absolute Gasteiger partial charge is 0.378 e. The topological polar surface area (TPSA) is 123 Å². The third-order valence-corrected chi connectivity index (χ3v) is 5.87. The lowest BCUT2D eigenvalue weighted by Crippen LogP contribution is -2.46. The summed E-state index contributed by atoms with van der Waals surface area (Å²) in [6, 6.07) is 0.0195. The van der Waals surface area contributed by atoms with Gasteiger partial charge in [-0.1, -0.05) is 18.4 Å². The van der Waals surface area contributed by atoms with Crippen LogP contribution in [0.15, 0.2) is 10.9 Å². The van der Waals surface area contributed by atoms with Crippen molar-refractivity contribution < 1.29 is 23.7 Å². The number of fused-ring (bicyclic) bond motifs is 1. The Balaban J connectivity index is 1.84. The Labute approximate surface area is 190 Å². The first-order valence-electron chi connectivity index (χ1n) is 11.2. The summed E-state index contributed by atoms with van der Waals surface area (Å²) in [5.41, 5.74) is -0.249. The van der Waals surface area contributed by atoms with Crippen molar-refractivity contribution in [2.24, 2.45) is 5.92 Å². The molecule has 1 aliphatic carbocycles. The number of carbonyl (C=O) groups excluding carboxylic acids is 2. The minimum Gasteiger partial charge on any atom is -0.477 e. The van der Waals surface area contributed by atoms with Gasteiger partial charge in [-0.3, -0.25) is 9.59 Å². The molecular formula is C22H30FN6O4+. The summed E-state index contributed by atoms with van der Waals surface area (Å²) in [5, 5.41) is 19.7. The molecule has 4 N–H and O–H groups in total. The number of anilines is 1. The summed E-state index contributed by atoms with van der Waals surface area (Å²) < 4.78 is 16.2. The molecular weight excluding hydrogens is 431 g/mol. The number of carbonyl (C=O) groups is 2. The molecule has 178 valence electrons. The Bertz CT molecular complexity index is 1180. The van der Waals surface area contributed by atoms with Crippen molar-refractivity contribution in [3.8, 4) is 5.88 Å². The van der Waals surface area contributed by atoms with Gasteiger partial charge in [-0.15, -0.1) is 0 Å². The molecule has 2 aliphatic rings. The average molecular weight is 462 g/mol. The maximum atomic E-state index is 13.5. The third-order valence-electron chi connectivity index (χ3n) is 5.87. The second-order valence-corrected chi connectivity index (χ2v) is 9.07. The summed E-state index contributed by atoms with van der Waals surface area (Å²) in [6.07, 6.45) is 3.85. The fraction of sp³-hybridized carbons (Fsp3) is 0.545.